The van der Waals surface area contributed by atoms with E-state index in [-0.39, 0.29) is 10.6 Å². The maximum absolute atomic E-state index is 13.6. The van der Waals surface area contributed by atoms with E-state index in [2.05, 4.69) is 10.5 Å². The Hall–Kier alpha value is -3.76. The van der Waals surface area contributed by atoms with Crippen LogP contribution in [0.2, 0.25) is 5.02 Å². The Kier molecular flexibility index (Phi) is 9.37. The van der Waals surface area contributed by atoms with E-state index in [0.717, 1.165) is 4.31 Å². The number of halogens is 1. The van der Waals surface area contributed by atoms with Crippen molar-refractivity contribution in [2.45, 2.75) is 18.7 Å². The second-order valence-electron chi connectivity index (χ2n) is 7.67. The third-order valence-electron chi connectivity index (χ3n) is 5.27. The van der Waals surface area contributed by atoms with Gasteiger partial charge in [0, 0.05) is 10.6 Å². The molecule has 37 heavy (non-hydrogen) atoms. The smallest absolute Gasteiger partial charge is 0.264 e. The molecule has 3 aromatic carbocycles. The van der Waals surface area contributed by atoms with Crippen LogP contribution in [0, 0.1) is 0 Å². The average Bonchev–Trinajstić information content (AvgIpc) is 2.90. The summed E-state index contributed by atoms with van der Waals surface area (Å²) in [5, 5.41) is 4.53. The lowest BCUT2D eigenvalue weighted by atomic mass is 10.1. The number of para-hydroxylation sites is 2. The predicted octanol–water partition coefficient (Wildman–Crippen LogP) is 4.49. The standard InChI is InChI=1S/C26H28ClN3O6S/c1-5-36-23-9-7-6-8-22(23)30(37(32,33)21-13-11-20(27)12-14-21)17-26(31)29-28-18(2)19-10-15-24(34-3)25(16-19)35-4/h6-16H,5,17H2,1-4H3,(H,29,31)/b28-18-. The average molecular weight is 546 g/mol. The highest BCUT2D eigenvalue weighted by Gasteiger charge is 2.29. The summed E-state index contributed by atoms with van der Waals surface area (Å²) in [5.74, 6) is 0.733. The van der Waals surface area contributed by atoms with Crippen LogP contribution in [0.3, 0.4) is 0 Å². The molecule has 0 aromatic heterocycles. The Morgan fingerprint density at radius 1 is 0.973 bits per heavy atom. The SMILES string of the molecule is CCOc1ccccc1N(CC(=O)N/N=C(/C)c1ccc(OC)c(OC)c1)S(=O)(=O)c1ccc(Cl)cc1. The summed E-state index contributed by atoms with van der Waals surface area (Å²) in [6, 6.07) is 17.5. The lowest BCUT2D eigenvalue weighted by molar-refractivity contribution is -0.119. The molecular formula is C26H28ClN3O6S. The Bertz CT molecular complexity index is 1380. The van der Waals surface area contributed by atoms with Crippen molar-refractivity contribution in [1.29, 1.82) is 0 Å². The molecule has 0 atom stereocenters. The Morgan fingerprint density at radius 2 is 1.65 bits per heavy atom. The molecule has 0 aliphatic heterocycles. The summed E-state index contributed by atoms with van der Waals surface area (Å²) < 4.78 is 44.4. The number of ether oxygens (including phenoxy) is 3. The van der Waals surface area contributed by atoms with Crippen LogP contribution in [-0.2, 0) is 14.8 Å². The predicted molar refractivity (Wildman–Crippen MR) is 143 cm³/mol. The number of amides is 1. The molecule has 0 radical (unpaired) electrons. The van der Waals surface area contributed by atoms with Gasteiger partial charge in [-0.3, -0.25) is 9.10 Å². The highest BCUT2D eigenvalue weighted by molar-refractivity contribution is 7.92. The van der Waals surface area contributed by atoms with Gasteiger partial charge in [-0.25, -0.2) is 13.8 Å². The van der Waals surface area contributed by atoms with E-state index in [1.54, 1.807) is 56.3 Å². The monoisotopic (exact) mass is 545 g/mol. The number of nitrogens with zero attached hydrogens (tertiary/aromatic N) is 2. The van der Waals surface area contributed by atoms with Gasteiger partial charge < -0.3 is 14.2 Å². The van der Waals surface area contributed by atoms with E-state index < -0.39 is 22.5 Å². The van der Waals surface area contributed by atoms with Gasteiger partial charge >= 0.3 is 0 Å². The van der Waals surface area contributed by atoms with E-state index in [0.29, 0.717) is 40.2 Å². The van der Waals surface area contributed by atoms with Crippen molar-refractivity contribution < 1.29 is 27.4 Å². The van der Waals surface area contributed by atoms with Crippen LogP contribution in [0.15, 0.2) is 76.7 Å². The molecule has 3 aromatic rings. The highest BCUT2D eigenvalue weighted by Crippen LogP contribution is 2.33. The summed E-state index contributed by atoms with van der Waals surface area (Å²) >= 11 is 5.94. The number of sulfonamides is 1. The van der Waals surface area contributed by atoms with Gasteiger partial charge in [0.2, 0.25) is 0 Å². The summed E-state index contributed by atoms with van der Waals surface area (Å²) in [4.78, 5) is 12.9. The summed E-state index contributed by atoms with van der Waals surface area (Å²) in [7, 11) is -1.11. The fourth-order valence-electron chi connectivity index (χ4n) is 3.41. The van der Waals surface area contributed by atoms with Gasteiger partial charge in [0.15, 0.2) is 11.5 Å². The molecule has 0 spiro atoms. The minimum atomic E-state index is -4.16. The van der Waals surface area contributed by atoms with Crippen molar-refractivity contribution in [3.8, 4) is 17.2 Å². The van der Waals surface area contributed by atoms with E-state index in [9.17, 15) is 13.2 Å². The van der Waals surface area contributed by atoms with Crippen LogP contribution >= 0.6 is 11.6 Å². The number of anilines is 1. The number of carbonyl (C=O) groups excluding carboxylic acids is 1. The molecule has 0 saturated carbocycles. The van der Waals surface area contributed by atoms with Crippen LogP contribution in [0.5, 0.6) is 17.2 Å². The quantitative estimate of drug-likeness (QED) is 0.281. The van der Waals surface area contributed by atoms with Crippen molar-refractivity contribution >= 4 is 38.9 Å². The van der Waals surface area contributed by atoms with Crippen LogP contribution < -0.4 is 23.9 Å². The normalized spacial score (nSPS) is 11.5. The first-order chi connectivity index (χ1) is 17.7. The number of rotatable bonds is 11. The van der Waals surface area contributed by atoms with Gasteiger partial charge in [0.25, 0.3) is 15.9 Å². The number of nitrogens with one attached hydrogen (secondary N) is 1. The van der Waals surface area contributed by atoms with Crippen molar-refractivity contribution in [3.05, 3.63) is 77.3 Å². The van der Waals surface area contributed by atoms with E-state index >= 15 is 0 Å². The first kappa shape index (κ1) is 27.8. The highest BCUT2D eigenvalue weighted by atomic mass is 35.5. The first-order valence-corrected chi connectivity index (χ1v) is 13.1. The molecule has 0 fully saturated rings. The van der Waals surface area contributed by atoms with E-state index in [1.165, 1.54) is 38.5 Å². The second-order valence-corrected chi connectivity index (χ2v) is 9.97. The molecule has 1 N–H and O–H groups in total. The Morgan fingerprint density at radius 3 is 2.30 bits per heavy atom. The zero-order valence-corrected chi connectivity index (χ0v) is 22.5. The Labute approximate surface area is 221 Å². The van der Waals surface area contributed by atoms with Gasteiger partial charge in [-0.2, -0.15) is 5.10 Å². The molecular weight excluding hydrogens is 518 g/mol. The molecule has 0 saturated heterocycles. The van der Waals surface area contributed by atoms with E-state index in [4.69, 9.17) is 25.8 Å². The number of methoxy groups -OCH3 is 2. The number of hydrogen-bond donors (Lipinski definition) is 1. The molecule has 0 aliphatic carbocycles. The van der Waals surface area contributed by atoms with Crippen molar-refractivity contribution in [3.63, 3.8) is 0 Å². The van der Waals surface area contributed by atoms with Crippen molar-refractivity contribution in [1.82, 2.24) is 5.43 Å². The molecule has 0 aliphatic rings. The molecule has 0 bridgehead atoms. The van der Waals surface area contributed by atoms with Crippen LogP contribution in [0.25, 0.3) is 0 Å². The largest absolute Gasteiger partial charge is 0.493 e. The summed E-state index contributed by atoms with van der Waals surface area (Å²) in [5.41, 5.74) is 3.83. The van der Waals surface area contributed by atoms with Gasteiger partial charge in [-0.05, 0) is 68.4 Å². The van der Waals surface area contributed by atoms with Gasteiger partial charge in [-0.1, -0.05) is 23.7 Å². The van der Waals surface area contributed by atoms with Gasteiger partial charge in [-0.15, -0.1) is 0 Å². The third-order valence-corrected chi connectivity index (χ3v) is 7.30. The third kappa shape index (κ3) is 6.72. The fraction of sp³-hybridized carbons (Fsp3) is 0.231. The Balaban J connectivity index is 1.91. The van der Waals surface area contributed by atoms with Crippen molar-refractivity contribution in [2.24, 2.45) is 5.10 Å². The maximum atomic E-state index is 13.6. The molecule has 0 heterocycles. The number of benzene rings is 3. The van der Waals surface area contributed by atoms with E-state index in [1.807, 2.05) is 0 Å². The molecule has 3 rings (SSSR count). The molecule has 11 heteroatoms. The van der Waals surface area contributed by atoms with Crippen molar-refractivity contribution in [2.75, 3.05) is 31.7 Å². The number of carbonyl (C=O) groups is 1. The molecule has 196 valence electrons. The number of hydrogen-bond acceptors (Lipinski definition) is 7. The number of hydrazone groups is 1. The molecule has 0 unspecified atom stereocenters. The zero-order chi connectivity index (χ0) is 27.0. The maximum Gasteiger partial charge on any atom is 0.264 e. The van der Waals surface area contributed by atoms with Gasteiger partial charge in [0.1, 0.15) is 12.3 Å². The molecule has 9 nitrogen and oxygen atoms in total. The lowest BCUT2D eigenvalue weighted by Crippen LogP contribution is -2.40. The minimum absolute atomic E-state index is 0.0268. The molecule has 1 amide bonds. The lowest BCUT2D eigenvalue weighted by Gasteiger charge is -2.25. The second kappa shape index (κ2) is 12.5. The topological polar surface area (TPSA) is 107 Å². The zero-order valence-electron chi connectivity index (χ0n) is 20.9. The minimum Gasteiger partial charge on any atom is -0.493 e. The summed E-state index contributed by atoms with van der Waals surface area (Å²) in [6.07, 6.45) is 0. The van der Waals surface area contributed by atoms with Gasteiger partial charge in [0.05, 0.1) is 37.1 Å². The fourth-order valence-corrected chi connectivity index (χ4v) is 4.97. The first-order valence-electron chi connectivity index (χ1n) is 11.3. The van der Waals surface area contributed by atoms with Crippen LogP contribution in [0.1, 0.15) is 19.4 Å². The summed E-state index contributed by atoms with van der Waals surface area (Å²) in [6.45, 7) is 3.26. The van der Waals surface area contributed by atoms with Crippen LogP contribution in [-0.4, -0.2) is 47.4 Å². The van der Waals surface area contributed by atoms with Crippen LogP contribution in [0.4, 0.5) is 5.69 Å².